The Morgan fingerprint density at radius 3 is 2.69 bits per heavy atom. The van der Waals surface area contributed by atoms with Crippen molar-refractivity contribution in [2.75, 3.05) is 0 Å². The van der Waals surface area contributed by atoms with E-state index in [1.165, 1.54) is 11.0 Å². The van der Waals surface area contributed by atoms with E-state index >= 15 is 0 Å². The summed E-state index contributed by atoms with van der Waals surface area (Å²) < 4.78 is 4.40. The van der Waals surface area contributed by atoms with Gasteiger partial charge >= 0.3 is 0 Å². The molecule has 2 rings (SSSR count). The number of benzene rings is 1. The van der Waals surface area contributed by atoms with Gasteiger partial charge in [0.2, 0.25) is 6.33 Å². The van der Waals surface area contributed by atoms with E-state index in [1.807, 2.05) is 0 Å². The van der Waals surface area contributed by atoms with E-state index in [4.69, 9.17) is 0 Å². The number of hydrogen-bond acceptors (Lipinski definition) is 0. The van der Waals surface area contributed by atoms with E-state index in [-0.39, 0.29) is 12.4 Å². The van der Waals surface area contributed by atoms with Crippen LogP contribution in [0.15, 0.2) is 30.6 Å². The van der Waals surface area contributed by atoms with E-state index in [1.54, 1.807) is 0 Å². The van der Waals surface area contributed by atoms with Gasteiger partial charge in [0.1, 0.15) is 0 Å². The molecule has 2 aromatic rings. The SMILES string of the molecule is CCn1c[n+](C)c2ccccc21.[Cl-]. The van der Waals surface area contributed by atoms with Crippen LogP contribution >= 0.6 is 0 Å². The molecule has 13 heavy (non-hydrogen) atoms. The number of hydrogen-bond donors (Lipinski definition) is 0. The summed E-state index contributed by atoms with van der Waals surface area (Å²) in [7, 11) is 2.08. The lowest BCUT2D eigenvalue weighted by molar-refractivity contribution is -0.645. The molecule has 3 heteroatoms. The Hall–Kier alpha value is -1.02. The van der Waals surface area contributed by atoms with Crippen molar-refractivity contribution in [1.29, 1.82) is 0 Å². The van der Waals surface area contributed by atoms with Crippen molar-refractivity contribution in [3.63, 3.8) is 0 Å². The lowest BCUT2D eigenvalue weighted by atomic mass is 10.3. The van der Waals surface area contributed by atoms with Crippen molar-refractivity contribution in [2.45, 2.75) is 13.5 Å². The molecule has 0 aliphatic heterocycles. The number of fused-ring (bicyclic) bond motifs is 1. The average molecular weight is 197 g/mol. The third-order valence-corrected chi connectivity index (χ3v) is 2.22. The van der Waals surface area contributed by atoms with Crippen molar-refractivity contribution >= 4 is 11.0 Å². The molecule has 0 amide bonds. The highest BCUT2D eigenvalue weighted by Crippen LogP contribution is 2.08. The Bertz CT molecular complexity index is 406. The predicted molar refractivity (Wildman–Crippen MR) is 48.8 cm³/mol. The molecular weight excluding hydrogens is 184 g/mol. The van der Waals surface area contributed by atoms with Crippen LogP contribution in [0.2, 0.25) is 0 Å². The maximum atomic E-state index is 2.25. The molecule has 1 aromatic heterocycles. The molecule has 0 radical (unpaired) electrons. The molecule has 0 aliphatic carbocycles. The van der Waals surface area contributed by atoms with Gasteiger partial charge in [0.25, 0.3) is 0 Å². The molecule has 0 saturated heterocycles. The number of aromatic nitrogens is 2. The Balaban J connectivity index is 0.000000845. The Labute approximate surface area is 84.2 Å². The average Bonchev–Trinajstić information content (AvgIpc) is 2.44. The molecule has 2 nitrogen and oxygen atoms in total. The Morgan fingerprint density at radius 1 is 1.31 bits per heavy atom. The molecule has 0 N–H and O–H groups in total. The third-order valence-electron chi connectivity index (χ3n) is 2.22. The molecule has 70 valence electrons. The minimum absolute atomic E-state index is 0. The first kappa shape index (κ1) is 10.1. The first-order valence-electron chi connectivity index (χ1n) is 4.26. The second-order valence-corrected chi connectivity index (χ2v) is 3.00. The van der Waals surface area contributed by atoms with Crippen LogP contribution in [-0.4, -0.2) is 4.57 Å². The molecule has 0 spiro atoms. The number of nitrogens with zero attached hydrogens (tertiary/aromatic N) is 2. The van der Waals surface area contributed by atoms with E-state index in [0.29, 0.717) is 0 Å². The van der Waals surface area contributed by atoms with Crippen molar-refractivity contribution in [3.8, 4) is 0 Å². The molecule has 0 bridgehead atoms. The lowest BCUT2D eigenvalue weighted by Gasteiger charge is -1.88. The third kappa shape index (κ3) is 1.54. The number of aryl methyl sites for hydroxylation is 2. The van der Waals surface area contributed by atoms with E-state index in [2.05, 4.69) is 53.7 Å². The summed E-state index contributed by atoms with van der Waals surface area (Å²) in [5.41, 5.74) is 2.60. The lowest BCUT2D eigenvalue weighted by Crippen LogP contribution is -3.00. The van der Waals surface area contributed by atoms with Gasteiger partial charge in [-0.1, -0.05) is 12.1 Å². The van der Waals surface area contributed by atoms with Gasteiger partial charge in [0, 0.05) is 0 Å². The molecular formula is C10H13ClN2. The fraction of sp³-hybridized carbons (Fsp3) is 0.300. The van der Waals surface area contributed by atoms with E-state index < -0.39 is 0 Å². The molecule has 1 heterocycles. The fourth-order valence-corrected chi connectivity index (χ4v) is 1.59. The monoisotopic (exact) mass is 196 g/mol. The molecule has 0 fully saturated rings. The van der Waals surface area contributed by atoms with Gasteiger partial charge in [-0.15, -0.1) is 0 Å². The largest absolute Gasteiger partial charge is 1.00 e. The summed E-state index contributed by atoms with van der Waals surface area (Å²) in [4.78, 5) is 0. The van der Waals surface area contributed by atoms with Crippen LogP contribution in [0.5, 0.6) is 0 Å². The van der Waals surface area contributed by atoms with Crippen LogP contribution in [0.1, 0.15) is 6.92 Å². The normalized spacial score (nSPS) is 10.0. The topological polar surface area (TPSA) is 8.81 Å². The van der Waals surface area contributed by atoms with Crippen molar-refractivity contribution in [1.82, 2.24) is 4.57 Å². The smallest absolute Gasteiger partial charge is 0.244 e. The molecule has 0 atom stereocenters. The van der Waals surface area contributed by atoms with Crippen molar-refractivity contribution in [3.05, 3.63) is 30.6 Å². The summed E-state index contributed by atoms with van der Waals surface area (Å²) in [5, 5.41) is 0. The number of imidazole rings is 1. The van der Waals surface area contributed by atoms with Gasteiger partial charge in [-0.25, -0.2) is 9.13 Å². The number of para-hydroxylation sites is 2. The van der Waals surface area contributed by atoms with Crippen LogP contribution in [-0.2, 0) is 13.6 Å². The Kier molecular flexibility index (Phi) is 2.94. The standard InChI is InChI=1S/C10H13N2.ClH/c1-3-12-8-11(2)9-6-4-5-7-10(9)12;/h4-8H,3H2,1-2H3;1H/q+1;/p-1. The zero-order valence-corrected chi connectivity index (χ0v) is 8.62. The molecule has 0 aliphatic rings. The quantitative estimate of drug-likeness (QED) is 0.491. The minimum atomic E-state index is 0. The summed E-state index contributed by atoms with van der Waals surface area (Å²) in [6.45, 7) is 3.19. The zero-order valence-electron chi connectivity index (χ0n) is 7.87. The van der Waals surface area contributed by atoms with Gasteiger partial charge in [0.15, 0.2) is 11.0 Å². The first-order chi connectivity index (χ1) is 5.83. The van der Waals surface area contributed by atoms with Crippen molar-refractivity contribution in [2.24, 2.45) is 7.05 Å². The van der Waals surface area contributed by atoms with Crippen LogP contribution in [0.25, 0.3) is 11.0 Å². The summed E-state index contributed by atoms with van der Waals surface area (Å²) in [5.74, 6) is 0. The highest BCUT2D eigenvalue weighted by Gasteiger charge is 2.09. The first-order valence-corrected chi connectivity index (χ1v) is 4.26. The molecule has 1 aromatic carbocycles. The summed E-state index contributed by atoms with van der Waals surface area (Å²) >= 11 is 0. The van der Waals surface area contributed by atoms with Crippen LogP contribution in [0.4, 0.5) is 0 Å². The highest BCUT2D eigenvalue weighted by atomic mass is 35.5. The molecule has 0 saturated carbocycles. The number of rotatable bonds is 1. The Morgan fingerprint density at radius 2 is 2.00 bits per heavy atom. The maximum absolute atomic E-state index is 2.25. The predicted octanol–water partition coefficient (Wildman–Crippen LogP) is -1.51. The van der Waals surface area contributed by atoms with Gasteiger partial charge < -0.3 is 12.4 Å². The van der Waals surface area contributed by atoms with Crippen LogP contribution in [0.3, 0.4) is 0 Å². The van der Waals surface area contributed by atoms with E-state index in [0.717, 1.165) is 6.54 Å². The minimum Gasteiger partial charge on any atom is -1.00 e. The maximum Gasteiger partial charge on any atom is 0.244 e. The van der Waals surface area contributed by atoms with Gasteiger partial charge in [-0.2, -0.15) is 0 Å². The van der Waals surface area contributed by atoms with Crippen molar-refractivity contribution < 1.29 is 17.0 Å². The van der Waals surface area contributed by atoms with Crippen LogP contribution in [0, 0.1) is 0 Å². The number of halogens is 1. The van der Waals surface area contributed by atoms with E-state index in [9.17, 15) is 0 Å². The second-order valence-electron chi connectivity index (χ2n) is 3.00. The zero-order chi connectivity index (χ0) is 8.55. The second kappa shape index (κ2) is 3.79. The van der Waals surface area contributed by atoms with Gasteiger partial charge in [0.05, 0.1) is 13.6 Å². The highest BCUT2D eigenvalue weighted by molar-refractivity contribution is 5.71. The van der Waals surface area contributed by atoms with Gasteiger partial charge in [-0.05, 0) is 19.1 Å². The van der Waals surface area contributed by atoms with Gasteiger partial charge in [-0.3, -0.25) is 0 Å². The fourth-order valence-electron chi connectivity index (χ4n) is 1.59. The summed E-state index contributed by atoms with van der Waals surface area (Å²) in [6, 6.07) is 8.44. The van der Waals surface area contributed by atoms with Crippen LogP contribution < -0.4 is 17.0 Å². The molecule has 0 unspecified atom stereocenters. The summed E-state index contributed by atoms with van der Waals surface area (Å²) in [6.07, 6.45) is 2.13.